The van der Waals surface area contributed by atoms with E-state index in [-0.39, 0.29) is 17.6 Å². The Morgan fingerprint density at radius 2 is 2.00 bits per heavy atom. The zero-order valence-corrected chi connectivity index (χ0v) is 8.08. The molecule has 1 N–H and O–H groups in total. The largest absolute Gasteiger partial charge is 0.508 e. The van der Waals surface area contributed by atoms with Crippen LogP contribution < -0.4 is 0 Å². The first-order valence-electron chi connectivity index (χ1n) is 4.17. The van der Waals surface area contributed by atoms with Crippen molar-refractivity contribution >= 4 is 0 Å². The van der Waals surface area contributed by atoms with Gasteiger partial charge >= 0.3 is 0 Å². The standard InChI is InChI=1S/C10H14FNO/c1-7(12(2)3)9-5-4-8(13)6-10(9)11/h4-7,13H,1-3H3. The highest BCUT2D eigenvalue weighted by atomic mass is 19.1. The molecule has 0 bridgehead atoms. The summed E-state index contributed by atoms with van der Waals surface area (Å²) in [6.07, 6.45) is 0. The lowest BCUT2D eigenvalue weighted by molar-refractivity contribution is 0.312. The van der Waals surface area contributed by atoms with Gasteiger partial charge in [0.15, 0.2) is 0 Å². The number of phenols is 1. The molecule has 0 heterocycles. The van der Waals surface area contributed by atoms with Crippen LogP contribution in [0.4, 0.5) is 4.39 Å². The van der Waals surface area contributed by atoms with Crippen LogP contribution in [0.15, 0.2) is 18.2 Å². The number of hydrogen-bond donors (Lipinski definition) is 1. The lowest BCUT2D eigenvalue weighted by Crippen LogP contribution is -2.17. The molecule has 0 aliphatic rings. The van der Waals surface area contributed by atoms with Crippen molar-refractivity contribution in [3.63, 3.8) is 0 Å². The van der Waals surface area contributed by atoms with E-state index in [1.165, 1.54) is 6.07 Å². The number of halogens is 1. The fraction of sp³-hybridized carbons (Fsp3) is 0.400. The van der Waals surface area contributed by atoms with Crippen LogP contribution in [0.3, 0.4) is 0 Å². The van der Waals surface area contributed by atoms with Gasteiger partial charge in [0, 0.05) is 17.7 Å². The van der Waals surface area contributed by atoms with E-state index in [9.17, 15) is 4.39 Å². The van der Waals surface area contributed by atoms with Crippen molar-refractivity contribution in [2.24, 2.45) is 0 Å². The van der Waals surface area contributed by atoms with Gasteiger partial charge in [0.2, 0.25) is 0 Å². The van der Waals surface area contributed by atoms with Gasteiger partial charge in [0.05, 0.1) is 0 Å². The highest BCUT2D eigenvalue weighted by Crippen LogP contribution is 2.23. The zero-order valence-electron chi connectivity index (χ0n) is 8.08. The Kier molecular flexibility index (Phi) is 2.88. The monoisotopic (exact) mass is 183 g/mol. The van der Waals surface area contributed by atoms with E-state index in [0.717, 1.165) is 6.07 Å². The van der Waals surface area contributed by atoms with E-state index in [2.05, 4.69) is 0 Å². The van der Waals surface area contributed by atoms with Gasteiger partial charge in [-0.25, -0.2) is 4.39 Å². The molecule has 0 fully saturated rings. The molecule has 0 aromatic heterocycles. The lowest BCUT2D eigenvalue weighted by Gasteiger charge is -2.20. The maximum absolute atomic E-state index is 13.3. The molecule has 3 heteroatoms. The highest BCUT2D eigenvalue weighted by molar-refractivity contribution is 5.29. The summed E-state index contributed by atoms with van der Waals surface area (Å²) in [5, 5.41) is 9.00. The molecular formula is C10H14FNO. The predicted octanol–water partition coefficient (Wildman–Crippen LogP) is 2.15. The molecule has 0 spiro atoms. The molecule has 1 aromatic carbocycles. The molecule has 2 nitrogen and oxygen atoms in total. The number of phenolic OH excluding ortho intramolecular Hbond substituents is 1. The van der Waals surface area contributed by atoms with Crippen LogP contribution in [0.5, 0.6) is 5.75 Å². The average Bonchev–Trinajstić information content (AvgIpc) is 2.03. The summed E-state index contributed by atoms with van der Waals surface area (Å²) in [5.74, 6) is -0.395. The predicted molar refractivity (Wildman–Crippen MR) is 50.2 cm³/mol. The number of hydrogen-bond acceptors (Lipinski definition) is 2. The molecule has 1 rings (SSSR count). The highest BCUT2D eigenvalue weighted by Gasteiger charge is 2.12. The number of aromatic hydroxyl groups is 1. The normalized spacial score (nSPS) is 13.3. The van der Waals surface area contributed by atoms with Gasteiger partial charge in [-0.1, -0.05) is 6.07 Å². The quantitative estimate of drug-likeness (QED) is 0.759. The van der Waals surface area contributed by atoms with Crippen LogP contribution in [0.25, 0.3) is 0 Å². The third-order valence-electron chi connectivity index (χ3n) is 2.21. The molecular weight excluding hydrogens is 169 g/mol. The van der Waals surface area contributed by atoms with Crippen molar-refractivity contribution in [3.8, 4) is 5.75 Å². The molecule has 0 amide bonds. The van der Waals surface area contributed by atoms with Crippen molar-refractivity contribution in [1.82, 2.24) is 4.90 Å². The second kappa shape index (κ2) is 3.75. The second-order valence-corrected chi connectivity index (χ2v) is 3.35. The van der Waals surface area contributed by atoms with E-state index >= 15 is 0 Å². The van der Waals surface area contributed by atoms with E-state index in [0.29, 0.717) is 5.56 Å². The van der Waals surface area contributed by atoms with Gasteiger partial charge in [0.25, 0.3) is 0 Å². The van der Waals surface area contributed by atoms with Crippen LogP contribution >= 0.6 is 0 Å². The SMILES string of the molecule is CC(c1ccc(O)cc1F)N(C)C. The Balaban J connectivity index is 3.01. The van der Waals surface area contributed by atoms with Crippen LogP contribution in [-0.4, -0.2) is 24.1 Å². The summed E-state index contributed by atoms with van der Waals surface area (Å²) in [7, 11) is 3.77. The molecule has 72 valence electrons. The van der Waals surface area contributed by atoms with Gasteiger partial charge in [-0.2, -0.15) is 0 Å². The Hall–Kier alpha value is -1.09. The first kappa shape index (κ1) is 9.99. The van der Waals surface area contributed by atoms with Crippen molar-refractivity contribution in [2.75, 3.05) is 14.1 Å². The van der Waals surface area contributed by atoms with Crippen LogP contribution in [-0.2, 0) is 0 Å². The summed E-state index contributed by atoms with van der Waals surface area (Å²) in [6.45, 7) is 1.91. The van der Waals surface area contributed by atoms with E-state index in [1.807, 2.05) is 25.9 Å². The van der Waals surface area contributed by atoms with Gasteiger partial charge in [-0.15, -0.1) is 0 Å². The minimum Gasteiger partial charge on any atom is -0.508 e. The third kappa shape index (κ3) is 2.18. The van der Waals surface area contributed by atoms with Crippen LogP contribution in [0, 0.1) is 5.82 Å². The first-order chi connectivity index (χ1) is 6.02. The number of nitrogens with zero attached hydrogens (tertiary/aromatic N) is 1. The molecule has 13 heavy (non-hydrogen) atoms. The Morgan fingerprint density at radius 1 is 1.38 bits per heavy atom. The van der Waals surface area contributed by atoms with Gasteiger partial charge < -0.3 is 10.0 Å². The van der Waals surface area contributed by atoms with Crippen LogP contribution in [0.1, 0.15) is 18.5 Å². The van der Waals surface area contributed by atoms with E-state index in [4.69, 9.17) is 5.11 Å². The third-order valence-corrected chi connectivity index (χ3v) is 2.21. The average molecular weight is 183 g/mol. The smallest absolute Gasteiger partial charge is 0.131 e. The summed E-state index contributed by atoms with van der Waals surface area (Å²) < 4.78 is 13.3. The Morgan fingerprint density at radius 3 is 2.46 bits per heavy atom. The van der Waals surface area contributed by atoms with Crippen molar-refractivity contribution in [1.29, 1.82) is 0 Å². The van der Waals surface area contributed by atoms with Crippen LogP contribution in [0.2, 0.25) is 0 Å². The van der Waals surface area contributed by atoms with Crippen molar-refractivity contribution in [3.05, 3.63) is 29.6 Å². The fourth-order valence-electron chi connectivity index (χ4n) is 1.13. The summed E-state index contributed by atoms with van der Waals surface area (Å²) in [6, 6.07) is 4.25. The molecule has 0 saturated heterocycles. The van der Waals surface area contributed by atoms with E-state index < -0.39 is 0 Å². The Labute approximate surface area is 77.6 Å². The van der Waals surface area contributed by atoms with Gasteiger partial charge in [0.1, 0.15) is 11.6 Å². The number of benzene rings is 1. The molecule has 0 saturated carbocycles. The van der Waals surface area contributed by atoms with Crippen molar-refractivity contribution in [2.45, 2.75) is 13.0 Å². The topological polar surface area (TPSA) is 23.5 Å². The minimum atomic E-state index is -0.360. The molecule has 0 aliphatic carbocycles. The summed E-state index contributed by atoms with van der Waals surface area (Å²) in [4.78, 5) is 1.91. The van der Waals surface area contributed by atoms with Gasteiger partial charge in [-0.3, -0.25) is 0 Å². The van der Waals surface area contributed by atoms with Gasteiger partial charge in [-0.05, 0) is 27.1 Å². The molecule has 1 aromatic rings. The maximum Gasteiger partial charge on any atom is 0.131 e. The minimum absolute atomic E-state index is 0.0144. The van der Waals surface area contributed by atoms with Crippen molar-refractivity contribution < 1.29 is 9.50 Å². The first-order valence-corrected chi connectivity index (χ1v) is 4.17. The Bertz CT molecular complexity index is 299. The molecule has 1 atom stereocenters. The second-order valence-electron chi connectivity index (χ2n) is 3.35. The van der Waals surface area contributed by atoms with E-state index in [1.54, 1.807) is 6.07 Å². The molecule has 0 radical (unpaired) electrons. The molecule has 0 aliphatic heterocycles. The summed E-state index contributed by atoms with van der Waals surface area (Å²) in [5.41, 5.74) is 0.600. The zero-order chi connectivity index (χ0) is 10.0. The summed E-state index contributed by atoms with van der Waals surface area (Å²) >= 11 is 0. The maximum atomic E-state index is 13.3. The number of rotatable bonds is 2. The molecule has 1 unspecified atom stereocenters. The lowest BCUT2D eigenvalue weighted by atomic mass is 10.1. The fourth-order valence-corrected chi connectivity index (χ4v) is 1.13.